The number of carbonyl (C=O) groups is 1. The fourth-order valence-corrected chi connectivity index (χ4v) is 3.83. The van der Waals surface area contributed by atoms with Gasteiger partial charge in [-0.3, -0.25) is 4.79 Å². The standard InChI is InChI=1S/C26H31FN2O3/c1-16(2)28-19-10-11-20(23(27)13-19)22-15-24(31-4)21(14-25(22)32-5)17(3)12-26(30)29-18-8-6-7-9-18/h6-7,10-16,18,28H,8-9H2,1-5H3,(H,29,30)/b17-12+. The summed E-state index contributed by atoms with van der Waals surface area (Å²) in [5.41, 5.74) is 3.15. The van der Waals surface area contributed by atoms with Crippen LogP contribution in [0, 0.1) is 5.82 Å². The molecule has 32 heavy (non-hydrogen) atoms. The third kappa shape index (κ3) is 5.49. The van der Waals surface area contributed by atoms with Crippen LogP contribution in [0.5, 0.6) is 11.5 Å². The Balaban J connectivity index is 1.94. The van der Waals surface area contributed by atoms with Crippen molar-refractivity contribution in [1.82, 2.24) is 5.32 Å². The Morgan fingerprint density at radius 1 is 1.06 bits per heavy atom. The highest BCUT2D eigenvalue weighted by Gasteiger charge is 2.18. The molecule has 0 aromatic heterocycles. The molecule has 0 saturated carbocycles. The van der Waals surface area contributed by atoms with Crippen LogP contribution in [0.1, 0.15) is 39.2 Å². The first-order valence-electron chi connectivity index (χ1n) is 10.8. The van der Waals surface area contributed by atoms with E-state index < -0.39 is 0 Å². The highest BCUT2D eigenvalue weighted by Crippen LogP contribution is 2.40. The van der Waals surface area contributed by atoms with Crippen molar-refractivity contribution in [3.8, 4) is 22.6 Å². The second-order valence-corrected chi connectivity index (χ2v) is 8.22. The lowest BCUT2D eigenvalue weighted by molar-refractivity contribution is -0.117. The average molecular weight is 439 g/mol. The van der Waals surface area contributed by atoms with Crippen LogP contribution in [0.15, 0.2) is 48.6 Å². The predicted octanol–water partition coefficient (Wildman–Crippen LogP) is 5.57. The summed E-state index contributed by atoms with van der Waals surface area (Å²) in [4.78, 5) is 12.4. The van der Waals surface area contributed by atoms with Crippen molar-refractivity contribution in [2.45, 2.75) is 45.7 Å². The van der Waals surface area contributed by atoms with Crippen LogP contribution in [0.4, 0.5) is 10.1 Å². The molecule has 0 unspecified atom stereocenters. The number of hydrogen-bond acceptors (Lipinski definition) is 4. The van der Waals surface area contributed by atoms with Gasteiger partial charge in [-0.2, -0.15) is 0 Å². The Labute approximate surface area is 189 Å². The molecule has 5 nitrogen and oxygen atoms in total. The van der Waals surface area contributed by atoms with Crippen molar-refractivity contribution in [3.05, 3.63) is 59.9 Å². The first-order chi connectivity index (χ1) is 15.3. The molecule has 1 aliphatic rings. The monoisotopic (exact) mass is 438 g/mol. The number of ether oxygens (including phenoxy) is 2. The summed E-state index contributed by atoms with van der Waals surface area (Å²) in [5.74, 6) is 0.521. The van der Waals surface area contributed by atoms with E-state index in [2.05, 4.69) is 22.8 Å². The second kappa shape index (κ2) is 10.4. The summed E-state index contributed by atoms with van der Waals surface area (Å²) in [5, 5.41) is 6.20. The van der Waals surface area contributed by atoms with Crippen LogP contribution in [-0.4, -0.2) is 32.2 Å². The number of halogens is 1. The van der Waals surface area contributed by atoms with E-state index in [1.165, 1.54) is 6.07 Å². The summed E-state index contributed by atoms with van der Waals surface area (Å²) >= 11 is 0. The molecule has 1 aliphatic carbocycles. The first-order valence-corrected chi connectivity index (χ1v) is 10.8. The van der Waals surface area contributed by atoms with Gasteiger partial charge in [-0.1, -0.05) is 12.2 Å². The summed E-state index contributed by atoms with van der Waals surface area (Å²) in [6.45, 7) is 5.84. The lowest BCUT2D eigenvalue weighted by atomic mass is 9.97. The van der Waals surface area contributed by atoms with Gasteiger partial charge in [0.2, 0.25) is 5.91 Å². The van der Waals surface area contributed by atoms with Gasteiger partial charge in [0.05, 0.1) is 14.2 Å². The molecule has 0 atom stereocenters. The van der Waals surface area contributed by atoms with Crippen LogP contribution in [0.3, 0.4) is 0 Å². The third-order valence-electron chi connectivity index (χ3n) is 5.36. The molecule has 0 bridgehead atoms. The molecule has 1 amide bonds. The van der Waals surface area contributed by atoms with E-state index in [4.69, 9.17) is 9.47 Å². The van der Waals surface area contributed by atoms with Crippen LogP contribution in [0.25, 0.3) is 16.7 Å². The molecule has 0 radical (unpaired) electrons. The van der Waals surface area contributed by atoms with Crippen LogP contribution in [-0.2, 0) is 4.79 Å². The fraction of sp³-hybridized carbons (Fsp3) is 0.346. The second-order valence-electron chi connectivity index (χ2n) is 8.22. The van der Waals surface area contributed by atoms with E-state index in [-0.39, 0.29) is 23.8 Å². The quantitative estimate of drug-likeness (QED) is 0.418. The smallest absolute Gasteiger partial charge is 0.244 e. The number of rotatable bonds is 8. The van der Waals surface area contributed by atoms with Gasteiger partial charge < -0.3 is 20.1 Å². The molecule has 2 N–H and O–H groups in total. The number of hydrogen-bond donors (Lipinski definition) is 2. The van der Waals surface area contributed by atoms with Crippen molar-refractivity contribution in [3.63, 3.8) is 0 Å². The van der Waals surface area contributed by atoms with Gasteiger partial charge >= 0.3 is 0 Å². The summed E-state index contributed by atoms with van der Waals surface area (Å²) in [6.07, 6.45) is 7.39. The number of allylic oxidation sites excluding steroid dienone is 1. The molecule has 3 rings (SSSR count). The molecule has 6 heteroatoms. The SMILES string of the molecule is COc1cc(-c2ccc(NC(C)C)cc2F)c(OC)cc1/C(C)=C/C(=O)NC1CC=CC1. The maximum Gasteiger partial charge on any atom is 0.244 e. The molecule has 0 spiro atoms. The van der Waals surface area contributed by atoms with Crippen LogP contribution < -0.4 is 20.1 Å². The maximum atomic E-state index is 15.0. The van der Waals surface area contributed by atoms with E-state index in [0.29, 0.717) is 33.9 Å². The zero-order chi connectivity index (χ0) is 23.3. The number of anilines is 1. The molecule has 170 valence electrons. The van der Waals surface area contributed by atoms with Crippen molar-refractivity contribution in [2.75, 3.05) is 19.5 Å². The van der Waals surface area contributed by atoms with Crippen LogP contribution >= 0.6 is 0 Å². The Morgan fingerprint density at radius 2 is 1.75 bits per heavy atom. The summed E-state index contributed by atoms with van der Waals surface area (Å²) in [7, 11) is 3.10. The third-order valence-corrected chi connectivity index (χ3v) is 5.36. The van der Waals surface area contributed by atoms with Crippen molar-refractivity contribution >= 4 is 17.2 Å². The lowest BCUT2D eigenvalue weighted by Crippen LogP contribution is -2.31. The van der Waals surface area contributed by atoms with E-state index >= 15 is 0 Å². The summed E-state index contributed by atoms with van der Waals surface area (Å²) in [6, 6.07) is 8.91. The highest BCUT2D eigenvalue weighted by molar-refractivity contribution is 5.96. The number of amides is 1. The van der Waals surface area contributed by atoms with Gasteiger partial charge in [-0.25, -0.2) is 4.39 Å². The largest absolute Gasteiger partial charge is 0.496 e. The van der Waals surface area contributed by atoms with E-state index in [1.54, 1.807) is 38.5 Å². The van der Waals surface area contributed by atoms with E-state index in [9.17, 15) is 9.18 Å². The molecule has 2 aromatic rings. The molecule has 0 fully saturated rings. The Kier molecular flexibility index (Phi) is 7.57. The van der Waals surface area contributed by atoms with Gasteiger partial charge in [-0.15, -0.1) is 0 Å². The zero-order valence-electron chi connectivity index (χ0n) is 19.3. The topological polar surface area (TPSA) is 59.6 Å². The average Bonchev–Trinajstić information content (AvgIpc) is 3.25. The minimum atomic E-state index is -0.361. The molecule has 0 aliphatic heterocycles. The number of carbonyl (C=O) groups excluding carboxylic acids is 1. The molecular weight excluding hydrogens is 407 g/mol. The van der Waals surface area contributed by atoms with Crippen molar-refractivity contribution in [1.29, 1.82) is 0 Å². The predicted molar refractivity (Wildman–Crippen MR) is 128 cm³/mol. The first kappa shape index (κ1) is 23.4. The van der Waals surface area contributed by atoms with Crippen molar-refractivity contribution in [2.24, 2.45) is 0 Å². The molecule has 2 aromatic carbocycles. The molecule has 0 saturated heterocycles. The van der Waals surface area contributed by atoms with Gasteiger partial charge in [0.25, 0.3) is 0 Å². The van der Waals surface area contributed by atoms with Gasteiger partial charge in [-0.05, 0) is 69.5 Å². The highest BCUT2D eigenvalue weighted by atomic mass is 19.1. The van der Waals surface area contributed by atoms with Crippen LogP contribution in [0.2, 0.25) is 0 Å². The van der Waals surface area contributed by atoms with Gasteiger partial charge in [0.15, 0.2) is 0 Å². The minimum Gasteiger partial charge on any atom is -0.496 e. The fourth-order valence-electron chi connectivity index (χ4n) is 3.83. The Morgan fingerprint density at radius 3 is 2.34 bits per heavy atom. The minimum absolute atomic E-state index is 0.140. The summed E-state index contributed by atoms with van der Waals surface area (Å²) < 4.78 is 26.1. The van der Waals surface area contributed by atoms with E-state index in [1.807, 2.05) is 26.8 Å². The molecule has 0 heterocycles. The van der Waals surface area contributed by atoms with E-state index in [0.717, 1.165) is 18.4 Å². The van der Waals surface area contributed by atoms with Gasteiger partial charge in [0, 0.05) is 40.5 Å². The van der Waals surface area contributed by atoms with Gasteiger partial charge in [0.1, 0.15) is 17.3 Å². The number of benzene rings is 2. The number of methoxy groups -OCH3 is 2. The molecular formula is C26H31FN2O3. The zero-order valence-corrected chi connectivity index (χ0v) is 19.3. The number of nitrogens with one attached hydrogen (secondary N) is 2. The Bertz CT molecular complexity index is 1040. The Hall–Kier alpha value is -3.28. The normalized spacial score (nSPS) is 14.0. The maximum absolute atomic E-state index is 15.0. The van der Waals surface area contributed by atoms with Crippen molar-refractivity contribution < 1.29 is 18.7 Å². The lowest BCUT2D eigenvalue weighted by Gasteiger charge is -2.17.